The van der Waals surface area contributed by atoms with Gasteiger partial charge in [0.2, 0.25) is 5.96 Å². The van der Waals surface area contributed by atoms with E-state index in [4.69, 9.17) is 11.6 Å². The van der Waals surface area contributed by atoms with Crippen molar-refractivity contribution in [2.24, 2.45) is 16.6 Å². The Morgan fingerprint density at radius 1 is 1.54 bits per heavy atom. The van der Waals surface area contributed by atoms with E-state index in [1.807, 2.05) is 25.1 Å². The monoisotopic (exact) mass is 290 g/mol. The van der Waals surface area contributed by atoms with Gasteiger partial charge in [0, 0.05) is 3.57 Å². The Morgan fingerprint density at radius 2 is 2.23 bits per heavy atom. The summed E-state index contributed by atoms with van der Waals surface area (Å²) in [7, 11) is 0. The van der Waals surface area contributed by atoms with Crippen molar-refractivity contribution in [3.8, 4) is 0 Å². The molecule has 0 aliphatic heterocycles. The number of rotatable bonds is 1. The summed E-state index contributed by atoms with van der Waals surface area (Å²) in [6.07, 6.45) is 0. The lowest BCUT2D eigenvalue weighted by atomic mass is 10.2. The third kappa shape index (κ3) is 2.85. The summed E-state index contributed by atoms with van der Waals surface area (Å²) in [5.74, 6) is 5.31. The Hall–Kier alpha value is -0.820. The molecule has 0 aromatic heterocycles. The lowest BCUT2D eigenvalue weighted by molar-refractivity contribution is 1.01. The van der Waals surface area contributed by atoms with Crippen LogP contribution in [0.25, 0.3) is 0 Å². The smallest absolute Gasteiger partial charge is 0.208 e. The van der Waals surface area contributed by atoms with Crippen LogP contribution in [0.3, 0.4) is 0 Å². The molecule has 5 heteroatoms. The molecule has 0 aliphatic rings. The zero-order valence-electron chi connectivity index (χ0n) is 7.21. The van der Waals surface area contributed by atoms with E-state index in [0.29, 0.717) is 0 Å². The third-order valence-electron chi connectivity index (χ3n) is 1.56. The van der Waals surface area contributed by atoms with Crippen LogP contribution in [0.4, 0.5) is 5.69 Å². The largest absolute Gasteiger partial charge is 0.369 e. The molecule has 13 heavy (non-hydrogen) atoms. The van der Waals surface area contributed by atoms with E-state index in [2.05, 4.69) is 33.0 Å². The molecule has 0 fully saturated rings. The van der Waals surface area contributed by atoms with Crippen LogP contribution >= 0.6 is 22.6 Å². The summed E-state index contributed by atoms with van der Waals surface area (Å²) in [4.78, 5) is 4.09. The molecular formula is C8H11IN4. The number of hydrazine groups is 1. The van der Waals surface area contributed by atoms with Gasteiger partial charge in [0.1, 0.15) is 0 Å². The molecule has 0 heterocycles. The summed E-state index contributed by atoms with van der Waals surface area (Å²) in [6, 6.07) is 5.95. The Kier molecular flexibility index (Phi) is 3.49. The van der Waals surface area contributed by atoms with E-state index in [0.717, 1.165) is 14.8 Å². The molecule has 5 N–H and O–H groups in total. The fraction of sp³-hybridized carbons (Fsp3) is 0.125. The highest BCUT2D eigenvalue weighted by atomic mass is 127. The fourth-order valence-corrected chi connectivity index (χ4v) is 1.34. The van der Waals surface area contributed by atoms with Gasteiger partial charge in [-0.15, -0.1) is 0 Å². The second kappa shape index (κ2) is 4.43. The van der Waals surface area contributed by atoms with Gasteiger partial charge in [-0.25, -0.2) is 10.8 Å². The lowest BCUT2D eigenvalue weighted by Gasteiger charge is -2.02. The van der Waals surface area contributed by atoms with Crippen molar-refractivity contribution in [3.63, 3.8) is 0 Å². The zero-order chi connectivity index (χ0) is 9.84. The molecule has 0 atom stereocenters. The van der Waals surface area contributed by atoms with Crippen LogP contribution < -0.4 is 17.0 Å². The standard InChI is InChI=1S/C8H11IN4/c1-5-2-3-6(9)4-7(5)12-8(10)13-11/h2-4H,11H2,1H3,(H3,10,12,13). The minimum atomic E-state index is 0.213. The van der Waals surface area contributed by atoms with Gasteiger partial charge in [0.25, 0.3) is 0 Å². The van der Waals surface area contributed by atoms with Crippen LogP contribution in [0, 0.1) is 10.5 Å². The first kappa shape index (κ1) is 10.3. The molecule has 0 saturated carbocycles. The molecule has 4 nitrogen and oxygen atoms in total. The second-order valence-electron chi connectivity index (χ2n) is 2.57. The van der Waals surface area contributed by atoms with Gasteiger partial charge < -0.3 is 5.73 Å². The van der Waals surface area contributed by atoms with Crippen LogP contribution in [-0.4, -0.2) is 5.96 Å². The number of guanidine groups is 1. The van der Waals surface area contributed by atoms with Gasteiger partial charge in [-0.1, -0.05) is 6.07 Å². The molecule has 1 aromatic rings. The summed E-state index contributed by atoms with van der Waals surface area (Å²) < 4.78 is 1.12. The Bertz CT molecular complexity index is 335. The lowest BCUT2D eigenvalue weighted by Crippen LogP contribution is -2.36. The second-order valence-corrected chi connectivity index (χ2v) is 3.82. The van der Waals surface area contributed by atoms with E-state index >= 15 is 0 Å². The van der Waals surface area contributed by atoms with E-state index < -0.39 is 0 Å². The molecule has 0 saturated heterocycles. The van der Waals surface area contributed by atoms with Crippen LogP contribution in [0.2, 0.25) is 0 Å². The first-order chi connectivity index (χ1) is 6.13. The normalized spacial score (nSPS) is 11.5. The van der Waals surface area contributed by atoms with Gasteiger partial charge in [-0.05, 0) is 47.2 Å². The molecule has 0 bridgehead atoms. The number of hydrogen-bond acceptors (Lipinski definition) is 2. The minimum Gasteiger partial charge on any atom is -0.369 e. The number of nitrogens with two attached hydrogens (primary N) is 2. The topological polar surface area (TPSA) is 76.4 Å². The average molecular weight is 290 g/mol. The molecule has 0 amide bonds. The van der Waals surface area contributed by atoms with Gasteiger partial charge >= 0.3 is 0 Å². The first-order valence-corrected chi connectivity index (χ1v) is 4.78. The maximum atomic E-state index is 5.44. The molecule has 0 aliphatic carbocycles. The maximum absolute atomic E-state index is 5.44. The first-order valence-electron chi connectivity index (χ1n) is 3.70. The van der Waals surface area contributed by atoms with Crippen molar-refractivity contribution in [1.82, 2.24) is 5.43 Å². The Balaban J connectivity index is 3.07. The van der Waals surface area contributed by atoms with Crippen LogP contribution in [0.5, 0.6) is 0 Å². The highest BCUT2D eigenvalue weighted by molar-refractivity contribution is 14.1. The number of benzene rings is 1. The van der Waals surface area contributed by atoms with E-state index in [9.17, 15) is 0 Å². The Labute approximate surface area is 90.5 Å². The number of halogens is 1. The molecule has 70 valence electrons. The van der Waals surface area contributed by atoms with Crippen LogP contribution in [-0.2, 0) is 0 Å². The number of aryl methyl sites for hydroxylation is 1. The van der Waals surface area contributed by atoms with E-state index in [1.165, 1.54) is 0 Å². The van der Waals surface area contributed by atoms with Gasteiger partial charge in [0.15, 0.2) is 0 Å². The number of hydrogen-bond donors (Lipinski definition) is 3. The van der Waals surface area contributed by atoms with Crippen LogP contribution in [0.1, 0.15) is 5.56 Å². The highest BCUT2D eigenvalue weighted by Crippen LogP contribution is 2.20. The summed E-state index contributed by atoms with van der Waals surface area (Å²) in [5.41, 5.74) is 9.62. The highest BCUT2D eigenvalue weighted by Gasteiger charge is 1.97. The summed E-state index contributed by atoms with van der Waals surface area (Å²) >= 11 is 2.22. The average Bonchev–Trinajstić information content (AvgIpc) is 2.11. The molecule has 1 aromatic carbocycles. The fourth-order valence-electron chi connectivity index (χ4n) is 0.865. The zero-order valence-corrected chi connectivity index (χ0v) is 9.37. The summed E-state index contributed by atoms with van der Waals surface area (Å²) in [6.45, 7) is 1.97. The van der Waals surface area contributed by atoms with Crippen molar-refractivity contribution in [2.45, 2.75) is 6.92 Å². The van der Waals surface area contributed by atoms with E-state index in [1.54, 1.807) is 0 Å². The minimum absolute atomic E-state index is 0.213. The van der Waals surface area contributed by atoms with Gasteiger partial charge in [-0.3, -0.25) is 5.43 Å². The quantitative estimate of drug-likeness (QED) is 0.237. The summed E-state index contributed by atoms with van der Waals surface area (Å²) in [5, 5.41) is 0. The maximum Gasteiger partial charge on any atom is 0.208 e. The number of nitrogens with zero attached hydrogens (tertiary/aromatic N) is 1. The SMILES string of the molecule is Cc1ccc(I)cc1N=C(N)NN. The molecule has 0 radical (unpaired) electrons. The van der Waals surface area contributed by atoms with Crippen molar-refractivity contribution >= 4 is 34.2 Å². The van der Waals surface area contributed by atoms with Crippen molar-refractivity contribution in [1.29, 1.82) is 0 Å². The Morgan fingerprint density at radius 3 is 2.85 bits per heavy atom. The van der Waals surface area contributed by atoms with Crippen LogP contribution in [0.15, 0.2) is 23.2 Å². The number of aliphatic imine (C=N–C) groups is 1. The molecule has 0 unspecified atom stereocenters. The van der Waals surface area contributed by atoms with Gasteiger partial charge in [0.05, 0.1) is 5.69 Å². The van der Waals surface area contributed by atoms with Gasteiger partial charge in [-0.2, -0.15) is 0 Å². The predicted molar refractivity (Wildman–Crippen MR) is 62.5 cm³/mol. The third-order valence-corrected chi connectivity index (χ3v) is 2.23. The molecule has 1 rings (SSSR count). The number of nitrogens with one attached hydrogen (secondary N) is 1. The van der Waals surface area contributed by atoms with Crippen molar-refractivity contribution in [2.75, 3.05) is 0 Å². The van der Waals surface area contributed by atoms with Crippen molar-refractivity contribution < 1.29 is 0 Å². The predicted octanol–water partition coefficient (Wildman–Crippen LogP) is 1.01. The van der Waals surface area contributed by atoms with E-state index in [-0.39, 0.29) is 5.96 Å². The van der Waals surface area contributed by atoms with Crippen molar-refractivity contribution in [3.05, 3.63) is 27.3 Å². The molecule has 0 spiro atoms. The molecular weight excluding hydrogens is 279 g/mol.